The summed E-state index contributed by atoms with van der Waals surface area (Å²) in [4.78, 5) is 2.31. The first-order valence-electron chi connectivity index (χ1n) is 5.86. The van der Waals surface area contributed by atoms with Gasteiger partial charge in [0.15, 0.2) is 0 Å². The average Bonchev–Trinajstić information content (AvgIpc) is 2.64. The molecule has 0 spiro atoms. The minimum atomic E-state index is 0.287. The van der Waals surface area contributed by atoms with Crippen molar-refractivity contribution in [1.82, 2.24) is 19.9 Å². The second-order valence-corrected chi connectivity index (χ2v) is 5.23. The maximum atomic E-state index is 6.37. The van der Waals surface area contributed by atoms with Gasteiger partial charge in [-0.05, 0) is 19.9 Å². The van der Waals surface area contributed by atoms with Crippen LogP contribution in [0.2, 0.25) is 0 Å². The van der Waals surface area contributed by atoms with E-state index in [1.165, 1.54) is 19.3 Å². The van der Waals surface area contributed by atoms with E-state index in [2.05, 4.69) is 22.3 Å². The molecule has 1 saturated carbocycles. The van der Waals surface area contributed by atoms with Gasteiger partial charge in [-0.1, -0.05) is 18.1 Å². The smallest absolute Gasteiger partial charge is 0.0967 e. The maximum Gasteiger partial charge on any atom is 0.0967 e. The highest BCUT2D eigenvalue weighted by Gasteiger charge is 2.26. The third-order valence-corrected chi connectivity index (χ3v) is 3.78. The third kappa shape index (κ3) is 2.74. The zero-order chi connectivity index (χ0) is 11.5. The highest BCUT2D eigenvalue weighted by molar-refractivity contribution is 6.21. The zero-order valence-corrected chi connectivity index (χ0v) is 10.7. The Balaban J connectivity index is 1.93. The van der Waals surface area contributed by atoms with Crippen LogP contribution in [0.4, 0.5) is 0 Å². The second kappa shape index (κ2) is 5.15. The number of hydrogen-bond acceptors (Lipinski definition) is 3. The molecule has 2 atom stereocenters. The Morgan fingerprint density at radius 2 is 2.25 bits per heavy atom. The molecule has 2 rings (SSSR count). The first kappa shape index (κ1) is 11.9. The van der Waals surface area contributed by atoms with Gasteiger partial charge in [-0.25, -0.2) is 0 Å². The van der Waals surface area contributed by atoms with Crippen LogP contribution in [0.3, 0.4) is 0 Å². The number of rotatable bonds is 3. The normalized spacial score (nSPS) is 26.2. The van der Waals surface area contributed by atoms with Crippen molar-refractivity contribution in [3.05, 3.63) is 11.9 Å². The molecule has 0 saturated heterocycles. The van der Waals surface area contributed by atoms with Gasteiger partial charge < -0.3 is 0 Å². The number of hydrogen-bond donors (Lipinski definition) is 0. The molecular formula is C11H19ClN4. The van der Waals surface area contributed by atoms with Gasteiger partial charge in [0, 0.05) is 31.2 Å². The van der Waals surface area contributed by atoms with Crippen LogP contribution in [0.25, 0.3) is 0 Å². The summed E-state index contributed by atoms with van der Waals surface area (Å²) in [5.41, 5.74) is 1.01. The van der Waals surface area contributed by atoms with Gasteiger partial charge in [-0.3, -0.25) is 9.58 Å². The molecule has 5 heteroatoms. The predicted molar refractivity (Wildman–Crippen MR) is 64.4 cm³/mol. The summed E-state index contributed by atoms with van der Waals surface area (Å²) in [7, 11) is 4.02. The Morgan fingerprint density at radius 1 is 1.50 bits per heavy atom. The van der Waals surface area contributed by atoms with E-state index in [0.717, 1.165) is 18.7 Å². The Kier molecular flexibility index (Phi) is 3.82. The molecule has 0 radical (unpaired) electrons. The van der Waals surface area contributed by atoms with Crippen molar-refractivity contribution in [3.63, 3.8) is 0 Å². The number of nitrogens with zero attached hydrogens (tertiary/aromatic N) is 4. The van der Waals surface area contributed by atoms with Crippen molar-refractivity contribution < 1.29 is 0 Å². The van der Waals surface area contributed by atoms with Crippen molar-refractivity contribution in [2.45, 2.75) is 43.6 Å². The number of halogens is 1. The summed E-state index contributed by atoms with van der Waals surface area (Å²) in [6, 6.07) is 0.484. The van der Waals surface area contributed by atoms with E-state index < -0.39 is 0 Å². The first-order chi connectivity index (χ1) is 7.66. The van der Waals surface area contributed by atoms with Crippen LogP contribution in [-0.2, 0) is 13.6 Å². The lowest BCUT2D eigenvalue weighted by Gasteiger charge is -2.34. The van der Waals surface area contributed by atoms with Crippen molar-refractivity contribution in [2.24, 2.45) is 7.05 Å². The largest absolute Gasteiger partial charge is 0.296 e. The third-order valence-electron chi connectivity index (χ3n) is 3.27. The molecule has 16 heavy (non-hydrogen) atoms. The average molecular weight is 243 g/mol. The molecule has 1 aliphatic carbocycles. The lowest BCUT2D eigenvalue weighted by atomic mass is 9.94. The lowest BCUT2D eigenvalue weighted by molar-refractivity contribution is 0.186. The lowest BCUT2D eigenvalue weighted by Crippen LogP contribution is -2.40. The topological polar surface area (TPSA) is 34.0 Å². The van der Waals surface area contributed by atoms with Crippen molar-refractivity contribution in [2.75, 3.05) is 7.05 Å². The summed E-state index contributed by atoms with van der Waals surface area (Å²) in [6.45, 7) is 0.835. The second-order valence-electron chi connectivity index (χ2n) is 4.67. The minimum absolute atomic E-state index is 0.287. The highest BCUT2D eigenvalue weighted by atomic mass is 35.5. The number of aromatic nitrogens is 3. The molecule has 1 fully saturated rings. The van der Waals surface area contributed by atoms with Gasteiger partial charge >= 0.3 is 0 Å². The van der Waals surface area contributed by atoms with Gasteiger partial charge in [-0.15, -0.1) is 16.7 Å². The first-order valence-corrected chi connectivity index (χ1v) is 6.30. The Morgan fingerprint density at radius 3 is 2.88 bits per heavy atom. The fourth-order valence-corrected chi connectivity index (χ4v) is 2.88. The van der Waals surface area contributed by atoms with Crippen LogP contribution in [0.5, 0.6) is 0 Å². The minimum Gasteiger partial charge on any atom is -0.296 e. The van der Waals surface area contributed by atoms with E-state index in [1.54, 1.807) is 4.68 Å². The molecule has 1 heterocycles. The Hall–Kier alpha value is -0.610. The summed E-state index contributed by atoms with van der Waals surface area (Å²) >= 11 is 6.37. The fraction of sp³-hybridized carbons (Fsp3) is 0.818. The monoisotopic (exact) mass is 242 g/mol. The van der Waals surface area contributed by atoms with E-state index in [1.807, 2.05) is 13.2 Å². The highest BCUT2D eigenvalue weighted by Crippen LogP contribution is 2.27. The number of aryl methyl sites for hydroxylation is 1. The van der Waals surface area contributed by atoms with Gasteiger partial charge in [0.25, 0.3) is 0 Å². The number of alkyl halides is 1. The molecule has 2 unspecified atom stereocenters. The van der Waals surface area contributed by atoms with Crippen LogP contribution >= 0.6 is 11.6 Å². The molecule has 0 N–H and O–H groups in total. The molecular weight excluding hydrogens is 224 g/mol. The van der Waals surface area contributed by atoms with Gasteiger partial charge in [-0.2, -0.15) is 0 Å². The molecule has 90 valence electrons. The molecule has 1 aromatic rings. The summed E-state index contributed by atoms with van der Waals surface area (Å²) in [5.74, 6) is 0. The molecule has 1 aromatic heterocycles. The van der Waals surface area contributed by atoms with Crippen molar-refractivity contribution in [3.8, 4) is 0 Å². The van der Waals surface area contributed by atoms with Crippen molar-refractivity contribution >= 4 is 11.6 Å². The quantitative estimate of drug-likeness (QED) is 0.758. The van der Waals surface area contributed by atoms with Crippen LogP contribution < -0.4 is 0 Å². The van der Waals surface area contributed by atoms with E-state index in [4.69, 9.17) is 11.6 Å². The molecule has 0 amide bonds. The van der Waals surface area contributed by atoms with Gasteiger partial charge in [0.2, 0.25) is 0 Å². The molecule has 0 aromatic carbocycles. The molecule has 4 nitrogen and oxygen atoms in total. The molecule has 0 aliphatic heterocycles. The van der Waals surface area contributed by atoms with Crippen molar-refractivity contribution in [1.29, 1.82) is 0 Å². The molecule has 1 aliphatic rings. The Labute approximate surface area is 102 Å². The SMILES string of the molecule is CN(Cc1cn(C)nn1)C1CCCCC1Cl. The Bertz CT molecular complexity index is 338. The van der Waals surface area contributed by atoms with E-state index >= 15 is 0 Å². The predicted octanol–water partition coefficient (Wildman–Crippen LogP) is 1.80. The van der Waals surface area contributed by atoms with Gasteiger partial charge in [0.1, 0.15) is 0 Å². The van der Waals surface area contributed by atoms with Crippen LogP contribution in [-0.4, -0.2) is 38.4 Å². The van der Waals surface area contributed by atoms with Crippen LogP contribution in [0.1, 0.15) is 31.4 Å². The maximum absolute atomic E-state index is 6.37. The summed E-state index contributed by atoms with van der Waals surface area (Å²) in [6.07, 6.45) is 6.85. The van der Waals surface area contributed by atoms with E-state index in [0.29, 0.717) is 6.04 Å². The van der Waals surface area contributed by atoms with Crippen LogP contribution in [0.15, 0.2) is 6.20 Å². The summed E-state index contributed by atoms with van der Waals surface area (Å²) < 4.78 is 1.74. The summed E-state index contributed by atoms with van der Waals surface area (Å²) in [5, 5.41) is 8.33. The zero-order valence-electron chi connectivity index (χ0n) is 9.93. The standard InChI is InChI=1S/C11H19ClN4/c1-15(7-9-8-16(2)14-13-9)11-6-4-3-5-10(11)12/h8,10-11H,3-7H2,1-2H3. The van der Waals surface area contributed by atoms with Crippen LogP contribution in [0, 0.1) is 0 Å². The molecule has 0 bridgehead atoms. The fourth-order valence-electron chi connectivity index (χ4n) is 2.40. The van der Waals surface area contributed by atoms with E-state index in [9.17, 15) is 0 Å². The van der Waals surface area contributed by atoms with Gasteiger partial charge in [0.05, 0.1) is 5.69 Å². The van der Waals surface area contributed by atoms with E-state index in [-0.39, 0.29) is 5.38 Å².